The summed E-state index contributed by atoms with van der Waals surface area (Å²) in [7, 11) is 0. The average molecular weight is 287 g/mol. The van der Waals surface area contributed by atoms with E-state index in [1.165, 1.54) is 11.1 Å². The fraction of sp³-hybridized carbons (Fsp3) is 0.632. The number of carbonyl (C=O) groups excluding carboxylic acids is 1. The molecule has 0 unspecified atom stereocenters. The third-order valence-corrected chi connectivity index (χ3v) is 4.55. The number of rotatable bonds is 2. The minimum Gasteiger partial charge on any atom is -0.342 e. The zero-order valence-corrected chi connectivity index (χ0v) is 14.1. The number of hydrogen-bond donors (Lipinski definition) is 0. The Balaban J connectivity index is 1.98. The van der Waals surface area contributed by atoms with Gasteiger partial charge in [-0.2, -0.15) is 0 Å². The van der Waals surface area contributed by atoms with Crippen molar-refractivity contribution in [3.05, 3.63) is 35.4 Å². The maximum atomic E-state index is 12.0. The predicted molar refractivity (Wildman–Crippen MR) is 88.5 cm³/mol. The van der Waals surface area contributed by atoms with Crippen molar-refractivity contribution in [2.24, 2.45) is 5.92 Å². The Bertz CT molecular complexity index is 473. The lowest BCUT2D eigenvalue weighted by Crippen LogP contribution is -2.40. The van der Waals surface area contributed by atoms with Crippen LogP contribution >= 0.6 is 0 Å². The third kappa shape index (κ3) is 3.87. The molecular weight excluding hydrogens is 258 g/mol. The highest BCUT2D eigenvalue weighted by atomic mass is 16.2. The lowest BCUT2D eigenvalue weighted by atomic mass is 9.84. The molecule has 1 saturated heterocycles. The number of carbonyl (C=O) groups is 1. The van der Waals surface area contributed by atoms with Gasteiger partial charge in [0.1, 0.15) is 0 Å². The van der Waals surface area contributed by atoms with Crippen LogP contribution in [0.25, 0.3) is 0 Å². The summed E-state index contributed by atoms with van der Waals surface area (Å²) in [5, 5.41) is 0. The molecule has 0 spiro atoms. The van der Waals surface area contributed by atoms with Crippen molar-refractivity contribution in [2.45, 2.75) is 58.8 Å². The van der Waals surface area contributed by atoms with Gasteiger partial charge in [-0.15, -0.1) is 0 Å². The molecular formula is C19H29NO. The van der Waals surface area contributed by atoms with E-state index in [9.17, 15) is 4.79 Å². The predicted octanol–water partition coefficient (Wildman–Crippen LogP) is 4.35. The normalized spacial score (nSPS) is 17.3. The van der Waals surface area contributed by atoms with Crippen LogP contribution in [-0.4, -0.2) is 23.9 Å². The van der Waals surface area contributed by atoms with Crippen LogP contribution in [0.4, 0.5) is 0 Å². The number of amides is 1. The number of likely N-dealkylation sites (tertiary alicyclic amines) is 1. The van der Waals surface area contributed by atoms with Crippen molar-refractivity contribution >= 4 is 5.91 Å². The van der Waals surface area contributed by atoms with Crippen molar-refractivity contribution in [1.29, 1.82) is 0 Å². The first-order valence-electron chi connectivity index (χ1n) is 8.18. The standard InChI is InChI=1S/C19H29NO/c1-14(2)18(21)20-12-10-16(11-13-20)15-6-8-17(9-7-15)19(3,4)5/h6-9,14,16H,10-13H2,1-5H3. The highest BCUT2D eigenvalue weighted by Crippen LogP contribution is 2.30. The van der Waals surface area contributed by atoms with Gasteiger partial charge in [0.05, 0.1) is 0 Å². The summed E-state index contributed by atoms with van der Waals surface area (Å²) in [6.45, 7) is 12.5. The van der Waals surface area contributed by atoms with E-state index in [4.69, 9.17) is 0 Å². The van der Waals surface area contributed by atoms with Gasteiger partial charge >= 0.3 is 0 Å². The summed E-state index contributed by atoms with van der Waals surface area (Å²) in [6, 6.07) is 9.10. The summed E-state index contributed by atoms with van der Waals surface area (Å²) < 4.78 is 0. The van der Waals surface area contributed by atoms with Crippen molar-refractivity contribution in [2.75, 3.05) is 13.1 Å². The average Bonchev–Trinajstić information content (AvgIpc) is 2.46. The molecule has 1 amide bonds. The Morgan fingerprint density at radius 3 is 2.05 bits per heavy atom. The Hall–Kier alpha value is -1.31. The molecule has 0 radical (unpaired) electrons. The molecule has 1 heterocycles. The Labute approximate surface area is 129 Å². The van der Waals surface area contributed by atoms with Gasteiger partial charge in [0.15, 0.2) is 0 Å². The van der Waals surface area contributed by atoms with E-state index in [1.807, 2.05) is 18.7 Å². The van der Waals surface area contributed by atoms with Crippen molar-refractivity contribution in [1.82, 2.24) is 4.90 Å². The SMILES string of the molecule is CC(C)C(=O)N1CCC(c2ccc(C(C)(C)C)cc2)CC1. The lowest BCUT2D eigenvalue weighted by Gasteiger charge is -2.33. The highest BCUT2D eigenvalue weighted by Gasteiger charge is 2.25. The van der Waals surface area contributed by atoms with Crippen LogP contribution in [0.2, 0.25) is 0 Å². The van der Waals surface area contributed by atoms with Gasteiger partial charge in [-0.3, -0.25) is 4.79 Å². The Kier molecular flexibility index (Phi) is 4.75. The van der Waals surface area contributed by atoms with Crippen LogP contribution in [0.1, 0.15) is 64.5 Å². The second-order valence-electron chi connectivity index (χ2n) is 7.63. The monoisotopic (exact) mass is 287 g/mol. The molecule has 2 heteroatoms. The summed E-state index contributed by atoms with van der Waals surface area (Å²) >= 11 is 0. The molecule has 0 aliphatic carbocycles. The van der Waals surface area contributed by atoms with E-state index >= 15 is 0 Å². The van der Waals surface area contributed by atoms with E-state index < -0.39 is 0 Å². The van der Waals surface area contributed by atoms with Crippen LogP contribution in [-0.2, 0) is 10.2 Å². The molecule has 1 aromatic rings. The van der Waals surface area contributed by atoms with E-state index in [2.05, 4.69) is 45.0 Å². The van der Waals surface area contributed by atoms with E-state index in [-0.39, 0.29) is 11.3 Å². The van der Waals surface area contributed by atoms with Gasteiger partial charge in [0.25, 0.3) is 0 Å². The molecule has 0 bridgehead atoms. The van der Waals surface area contributed by atoms with Gasteiger partial charge in [0.2, 0.25) is 5.91 Å². The van der Waals surface area contributed by atoms with Crippen LogP contribution in [0.3, 0.4) is 0 Å². The van der Waals surface area contributed by atoms with Gasteiger partial charge in [-0.25, -0.2) is 0 Å². The van der Waals surface area contributed by atoms with Crippen LogP contribution in [0, 0.1) is 5.92 Å². The second-order valence-corrected chi connectivity index (χ2v) is 7.63. The van der Waals surface area contributed by atoms with Crippen LogP contribution in [0.15, 0.2) is 24.3 Å². The summed E-state index contributed by atoms with van der Waals surface area (Å²) in [5.41, 5.74) is 3.03. The minimum atomic E-state index is 0.118. The van der Waals surface area contributed by atoms with Crippen LogP contribution in [0.5, 0.6) is 0 Å². The van der Waals surface area contributed by atoms with Crippen molar-refractivity contribution < 1.29 is 4.79 Å². The number of nitrogens with zero attached hydrogens (tertiary/aromatic N) is 1. The van der Waals surface area contributed by atoms with E-state index in [0.717, 1.165) is 25.9 Å². The molecule has 0 aromatic heterocycles. The third-order valence-electron chi connectivity index (χ3n) is 4.55. The molecule has 2 rings (SSSR count). The number of piperidine rings is 1. The molecule has 1 aromatic carbocycles. The largest absolute Gasteiger partial charge is 0.342 e. The summed E-state index contributed by atoms with van der Waals surface area (Å²) in [4.78, 5) is 14.1. The lowest BCUT2D eigenvalue weighted by molar-refractivity contribution is -0.135. The van der Waals surface area contributed by atoms with Crippen LogP contribution < -0.4 is 0 Å². The van der Waals surface area contributed by atoms with Gasteiger partial charge in [-0.1, -0.05) is 58.9 Å². The zero-order chi connectivity index (χ0) is 15.6. The molecule has 116 valence electrons. The molecule has 2 nitrogen and oxygen atoms in total. The van der Waals surface area contributed by atoms with Gasteiger partial charge in [-0.05, 0) is 35.3 Å². The summed E-state index contributed by atoms with van der Waals surface area (Å²) in [6.07, 6.45) is 2.18. The molecule has 21 heavy (non-hydrogen) atoms. The number of hydrogen-bond acceptors (Lipinski definition) is 1. The molecule has 1 aliphatic rings. The highest BCUT2D eigenvalue weighted by molar-refractivity contribution is 5.78. The molecule has 1 fully saturated rings. The van der Waals surface area contributed by atoms with Gasteiger partial charge < -0.3 is 4.90 Å². The van der Waals surface area contributed by atoms with Crippen molar-refractivity contribution in [3.63, 3.8) is 0 Å². The van der Waals surface area contributed by atoms with Gasteiger partial charge in [0, 0.05) is 19.0 Å². The smallest absolute Gasteiger partial charge is 0.225 e. The summed E-state index contributed by atoms with van der Waals surface area (Å²) in [5.74, 6) is 1.03. The Morgan fingerprint density at radius 1 is 1.10 bits per heavy atom. The number of benzene rings is 1. The fourth-order valence-electron chi connectivity index (χ4n) is 3.05. The second kappa shape index (κ2) is 6.21. The van der Waals surface area contributed by atoms with Crippen molar-refractivity contribution in [3.8, 4) is 0 Å². The molecule has 0 saturated carbocycles. The maximum Gasteiger partial charge on any atom is 0.225 e. The Morgan fingerprint density at radius 2 is 1.62 bits per heavy atom. The molecule has 1 aliphatic heterocycles. The first-order chi connectivity index (χ1) is 9.79. The fourth-order valence-corrected chi connectivity index (χ4v) is 3.05. The molecule has 0 N–H and O–H groups in total. The quantitative estimate of drug-likeness (QED) is 0.792. The first-order valence-corrected chi connectivity index (χ1v) is 8.18. The molecule has 0 atom stereocenters. The van der Waals surface area contributed by atoms with E-state index in [0.29, 0.717) is 11.8 Å². The van der Waals surface area contributed by atoms with E-state index in [1.54, 1.807) is 0 Å². The maximum absolute atomic E-state index is 12.0. The minimum absolute atomic E-state index is 0.118. The first kappa shape index (κ1) is 16.1. The zero-order valence-electron chi connectivity index (χ0n) is 14.1. The topological polar surface area (TPSA) is 20.3 Å².